The van der Waals surface area contributed by atoms with Crippen molar-refractivity contribution in [3.63, 3.8) is 0 Å². The molecule has 0 saturated carbocycles. The summed E-state index contributed by atoms with van der Waals surface area (Å²) >= 11 is 0. The summed E-state index contributed by atoms with van der Waals surface area (Å²) in [6.07, 6.45) is 10.6. The van der Waals surface area contributed by atoms with Crippen LogP contribution in [0.25, 0.3) is 5.57 Å². The minimum atomic E-state index is 0.314. The molecular weight excluding hydrogens is 344 g/mol. The normalized spacial score (nSPS) is 17.0. The van der Waals surface area contributed by atoms with Crippen LogP contribution in [0.4, 0.5) is 5.82 Å². The maximum atomic E-state index is 5.87. The lowest BCUT2D eigenvalue weighted by atomic mass is 9.93. The van der Waals surface area contributed by atoms with Crippen molar-refractivity contribution in [2.75, 3.05) is 11.9 Å². The number of hydrogen-bond acceptors (Lipinski definition) is 4. The molecular formula is C24H32N4. The summed E-state index contributed by atoms with van der Waals surface area (Å²) in [5.74, 6) is 1.56. The van der Waals surface area contributed by atoms with E-state index in [-0.39, 0.29) is 0 Å². The molecule has 0 fully saturated rings. The molecule has 0 radical (unpaired) electrons. The van der Waals surface area contributed by atoms with Crippen LogP contribution in [0.3, 0.4) is 0 Å². The van der Waals surface area contributed by atoms with Gasteiger partial charge in [0.15, 0.2) is 0 Å². The van der Waals surface area contributed by atoms with E-state index >= 15 is 0 Å². The minimum absolute atomic E-state index is 0.314. The van der Waals surface area contributed by atoms with Crippen LogP contribution in [0.5, 0.6) is 0 Å². The minimum Gasteiger partial charge on any atom is -0.330 e. The van der Waals surface area contributed by atoms with E-state index in [1.165, 1.54) is 11.3 Å². The van der Waals surface area contributed by atoms with Gasteiger partial charge >= 0.3 is 0 Å². The van der Waals surface area contributed by atoms with Crippen molar-refractivity contribution in [3.8, 4) is 0 Å². The Morgan fingerprint density at radius 3 is 2.79 bits per heavy atom. The first-order valence-electron chi connectivity index (χ1n) is 9.63. The van der Waals surface area contributed by atoms with Crippen LogP contribution in [0.2, 0.25) is 0 Å². The summed E-state index contributed by atoms with van der Waals surface area (Å²) in [4.78, 5) is 6.68. The second-order valence-corrected chi connectivity index (χ2v) is 7.14. The van der Waals surface area contributed by atoms with Crippen LogP contribution in [-0.2, 0) is 0 Å². The zero-order chi connectivity index (χ0) is 20.7. The van der Waals surface area contributed by atoms with Gasteiger partial charge in [0.25, 0.3) is 0 Å². The molecule has 0 spiro atoms. The van der Waals surface area contributed by atoms with Gasteiger partial charge in [-0.2, -0.15) is 0 Å². The summed E-state index contributed by atoms with van der Waals surface area (Å²) in [6, 6.07) is 4.26. The molecule has 1 aliphatic rings. The predicted octanol–water partition coefficient (Wildman–Crippen LogP) is 5.38. The highest BCUT2D eigenvalue weighted by molar-refractivity contribution is 5.64. The van der Waals surface area contributed by atoms with Crippen LogP contribution < -0.4 is 11.1 Å². The number of hydrogen-bond donors (Lipinski definition) is 2. The molecule has 1 atom stereocenters. The number of anilines is 1. The van der Waals surface area contributed by atoms with Crippen molar-refractivity contribution in [2.24, 2.45) is 5.73 Å². The third kappa shape index (κ3) is 5.33. The predicted molar refractivity (Wildman–Crippen MR) is 121 cm³/mol. The number of allylic oxidation sites excluding steroid dienone is 7. The first-order valence-corrected chi connectivity index (χ1v) is 9.63. The van der Waals surface area contributed by atoms with Crippen molar-refractivity contribution in [1.82, 2.24) is 9.88 Å². The lowest BCUT2D eigenvalue weighted by Crippen LogP contribution is -2.40. The summed E-state index contributed by atoms with van der Waals surface area (Å²) < 4.78 is 0. The number of pyridine rings is 1. The van der Waals surface area contributed by atoms with Crippen molar-refractivity contribution >= 4 is 11.4 Å². The van der Waals surface area contributed by atoms with E-state index in [4.69, 9.17) is 5.73 Å². The first-order chi connectivity index (χ1) is 13.4. The van der Waals surface area contributed by atoms with Gasteiger partial charge < -0.3 is 16.0 Å². The number of nitrogens with one attached hydrogen (secondary N) is 1. The Morgan fingerprint density at radius 1 is 1.39 bits per heavy atom. The van der Waals surface area contributed by atoms with Gasteiger partial charge in [-0.1, -0.05) is 50.1 Å². The van der Waals surface area contributed by atoms with Gasteiger partial charge in [0.2, 0.25) is 0 Å². The molecule has 0 bridgehead atoms. The van der Waals surface area contributed by atoms with Gasteiger partial charge in [-0.05, 0) is 68.5 Å². The second kappa shape index (κ2) is 9.90. The van der Waals surface area contributed by atoms with Crippen LogP contribution in [0, 0.1) is 0 Å². The lowest BCUT2D eigenvalue weighted by molar-refractivity contribution is 0.267. The molecule has 4 nitrogen and oxygen atoms in total. The van der Waals surface area contributed by atoms with E-state index in [2.05, 4.69) is 54.5 Å². The zero-order valence-electron chi connectivity index (χ0n) is 17.2. The van der Waals surface area contributed by atoms with Crippen LogP contribution in [-0.4, -0.2) is 22.5 Å². The Bertz CT molecular complexity index is 829. The standard InChI is InChI=1S/C24H32N4/c1-7-18(4)8-9-21-10-11-23(12-14-25)28(19(21)5)20(6)27-24-16-22(17(2)3)13-15-26-24/h7-9,13,15-16,23H,1-2,4,6,10-12,14,25H2,3,5H3,(H,26,27)/b9-8-. The lowest BCUT2D eigenvalue weighted by Gasteiger charge is -2.40. The van der Waals surface area contributed by atoms with Crippen LogP contribution >= 0.6 is 0 Å². The van der Waals surface area contributed by atoms with Crippen molar-refractivity contribution < 1.29 is 0 Å². The molecule has 0 aliphatic carbocycles. The summed E-state index contributed by atoms with van der Waals surface area (Å²) in [7, 11) is 0. The highest BCUT2D eigenvalue weighted by Crippen LogP contribution is 2.32. The van der Waals surface area contributed by atoms with E-state index < -0.39 is 0 Å². The molecule has 1 aromatic heterocycles. The van der Waals surface area contributed by atoms with Gasteiger partial charge in [-0.25, -0.2) is 4.98 Å². The third-order valence-electron chi connectivity index (χ3n) is 5.01. The number of nitrogens with zero attached hydrogens (tertiary/aromatic N) is 2. The van der Waals surface area contributed by atoms with Gasteiger partial charge in [0, 0.05) is 17.9 Å². The molecule has 0 amide bonds. The zero-order valence-corrected chi connectivity index (χ0v) is 17.2. The molecule has 1 unspecified atom stereocenters. The topological polar surface area (TPSA) is 54.2 Å². The number of aromatic nitrogens is 1. The molecule has 28 heavy (non-hydrogen) atoms. The van der Waals surface area contributed by atoms with Crippen molar-refractivity contribution in [2.45, 2.75) is 39.2 Å². The van der Waals surface area contributed by atoms with Gasteiger partial charge in [-0.3, -0.25) is 0 Å². The average molecular weight is 377 g/mol. The van der Waals surface area contributed by atoms with Crippen molar-refractivity contribution in [3.05, 3.63) is 91.1 Å². The molecule has 1 aromatic rings. The van der Waals surface area contributed by atoms with Crippen LogP contribution in [0.1, 0.15) is 38.7 Å². The smallest absolute Gasteiger partial charge is 0.131 e. The van der Waals surface area contributed by atoms with Gasteiger partial charge in [0.1, 0.15) is 11.6 Å². The maximum absolute atomic E-state index is 5.87. The second-order valence-electron chi connectivity index (χ2n) is 7.14. The Kier molecular flexibility index (Phi) is 7.59. The third-order valence-corrected chi connectivity index (χ3v) is 5.01. The van der Waals surface area contributed by atoms with Gasteiger partial charge in [-0.15, -0.1) is 0 Å². The van der Waals surface area contributed by atoms with Crippen LogP contribution in [0.15, 0.2) is 85.5 Å². The highest BCUT2D eigenvalue weighted by atomic mass is 15.3. The van der Waals surface area contributed by atoms with E-state index in [1.54, 1.807) is 12.3 Å². The van der Waals surface area contributed by atoms with E-state index in [0.29, 0.717) is 12.6 Å². The Hall–Kier alpha value is -2.85. The fraction of sp³-hybridized carbons (Fsp3) is 0.292. The molecule has 2 heterocycles. The maximum Gasteiger partial charge on any atom is 0.131 e. The average Bonchev–Trinajstić information content (AvgIpc) is 2.67. The highest BCUT2D eigenvalue weighted by Gasteiger charge is 2.27. The monoisotopic (exact) mass is 376 g/mol. The molecule has 148 valence electrons. The number of rotatable bonds is 9. The molecule has 1 aliphatic heterocycles. The summed E-state index contributed by atoms with van der Waals surface area (Å²) in [6.45, 7) is 20.8. The number of nitrogens with two attached hydrogens (primary N) is 1. The van der Waals surface area contributed by atoms with E-state index in [0.717, 1.165) is 47.6 Å². The van der Waals surface area contributed by atoms with Crippen molar-refractivity contribution in [1.29, 1.82) is 0 Å². The molecule has 2 rings (SSSR count). The Labute approximate surface area is 169 Å². The summed E-state index contributed by atoms with van der Waals surface area (Å²) in [5.41, 5.74) is 11.3. The van der Waals surface area contributed by atoms with E-state index in [9.17, 15) is 0 Å². The molecule has 0 aromatic carbocycles. The SMILES string of the molecule is C=CC(=C)/C=C\C1=C(C)N(C(=C)Nc2cc(C(=C)C)ccn2)C(CCN)CC1. The van der Waals surface area contributed by atoms with E-state index in [1.807, 2.05) is 25.1 Å². The molecule has 4 heteroatoms. The molecule has 0 saturated heterocycles. The Balaban J connectivity index is 2.30. The first kappa shape index (κ1) is 21.5. The Morgan fingerprint density at radius 2 is 2.14 bits per heavy atom. The van der Waals surface area contributed by atoms with Gasteiger partial charge in [0.05, 0.1) is 0 Å². The largest absolute Gasteiger partial charge is 0.330 e. The summed E-state index contributed by atoms with van der Waals surface area (Å²) in [5, 5.41) is 3.37. The quantitative estimate of drug-likeness (QED) is 0.568. The fourth-order valence-electron chi connectivity index (χ4n) is 3.40. The fourth-order valence-corrected chi connectivity index (χ4v) is 3.40. The molecule has 3 N–H and O–H groups in total.